The van der Waals surface area contributed by atoms with Crippen LogP contribution in [0.25, 0.3) is 0 Å². The smallest absolute Gasteiger partial charge is 0.244 e. The minimum absolute atomic E-state index is 0.0308. The quantitative estimate of drug-likeness (QED) is 0.716. The van der Waals surface area contributed by atoms with E-state index in [1.807, 2.05) is 13.8 Å². The molecule has 1 rings (SSSR count). The second kappa shape index (κ2) is 7.56. The average Bonchev–Trinajstić information content (AvgIpc) is 2.41. The van der Waals surface area contributed by atoms with Crippen molar-refractivity contribution in [2.24, 2.45) is 0 Å². The number of hydrogen-bond acceptors (Lipinski definition) is 4. The SMILES string of the molecule is CCC(C)N(CCOC)S(=O)(=O)c1cnc(Cl)c(Cl)c1. The van der Waals surface area contributed by atoms with Crippen LogP contribution in [0.1, 0.15) is 20.3 Å². The van der Waals surface area contributed by atoms with Crippen molar-refractivity contribution < 1.29 is 13.2 Å². The molecular formula is C12H18Cl2N2O3S. The van der Waals surface area contributed by atoms with Crippen LogP contribution < -0.4 is 0 Å². The van der Waals surface area contributed by atoms with E-state index in [9.17, 15) is 8.42 Å². The molecule has 1 heterocycles. The third-order valence-corrected chi connectivity index (χ3v) is 5.64. The Kier molecular flexibility index (Phi) is 6.68. The van der Waals surface area contributed by atoms with E-state index in [0.717, 1.165) is 0 Å². The molecular weight excluding hydrogens is 323 g/mol. The van der Waals surface area contributed by atoms with Crippen LogP contribution in [0, 0.1) is 0 Å². The second-order valence-electron chi connectivity index (χ2n) is 4.31. The van der Waals surface area contributed by atoms with E-state index in [0.29, 0.717) is 13.0 Å². The van der Waals surface area contributed by atoms with Crippen molar-refractivity contribution >= 4 is 33.2 Å². The molecule has 0 saturated carbocycles. The predicted octanol–water partition coefficient (Wildman–Crippen LogP) is 2.82. The first kappa shape index (κ1) is 17.7. The number of aromatic nitrogens is 1. The molecule has 0 N–H and O–H groups in total. The van der Waals surface area contributed by atoms with E-state index in [4.69, 9.17) is 27.9 Å². The Balaban J connectivity index is 3.17. The van der Waals surface area contributed by atoms with E-state index in [-0.39, 0.29) is 27.7 Å². The molecule has 0 radical (unpaired) electrons. The van der Waals surface area contributed by atoms with Crippen molar-refractivity contribution in [2.75, 3.05) is 20.3 Å². The third-order valence-electron chi connectivity index (χ3n) is 2.98. The van der Waals surface area contributed by atoms with Crippen LogP contribution in [-0.2, 0) is 14.8 Å². The van der Waals surface area contributed by atoms with E-state index >= 15 is 0 Å². The molecule has 0 aliphatic carbocycles. The van der Waals surface area contributed by atoms with E-state index in [2.05, 4.69) is 4.98 Å². The summed E-state index contributed by atoms with van der Waals surface area (Å²) in [6.07, 6.45) is 1.91. The molecule has 1 unspecified atom stereocenters. The van der Waals surface area contributed by atoms with Crippen LogP contribution in [0.3, 0.4) is 0 Å². The van der Waals surface area contributed by atoms with Crippen molar-refractivity contribution in [1.82, 2.24) is 9.29 Å². The zero-order chi connectivity index (χ0) is 15.3. The Morgan fingerprint density at radius 1 is 1.45 bits per heavy atom. The summed E-state index contributed by atoms with van der Waals surface area (Å²) in [7, 11) is -2.15. The fourth-order valence-corrected chi connectivity index (χ4v) is 3.64. The summed E-state index contributed by atoms with van der Waals surface area (Å²) in [5.74, 6) is 0. The lowest BCUT2D eigenvalue weighted by molar-refractivity contribution is 0.167. The predicted molar refractivity (Wildman–Crippen MR) is 79.8 cm³/mol. The number of rotatable bonds is 7. The van der Waals surface area contributed by atoms with Crippen LogP contribution in [-0.4, -0.2) is 44.0 Å². The number of methoxy groups -OCH3 is 1. The van der Waals surface area contributed by atoms with Crippen LogP contribution >= 0.6 is 23.2 Å². The van der Waals surface area contributed by atoms with Crippen molar-refractivity contribution in [1.29, 1.82) is 0 Å². The van der Waals surface area contributed by atoms with Gasteiger partial charge in [0.15, 0.2) is 0 Å². The van der Waals surface area contributed by atoms with Gasteiger partial charge in [-0.05, 0) is 19.4 Å². The maximum absolute atomic E-state index is 12.6. The highest BCUT2D eigenvalue weighted by Gasteiger charge is 2.28. The lowest BCUT2D eigenvalue weighted by Crippen LogP contribution is -2.40. The van der Waals surface area contributed by atoms with Gasteiger partial charge < -0.3 is 4.74 Å². The normalized spacial score (nSPS) is 13.7. The fraction of sp³-hybridized carbons (Fsp3) is 0.583. The number of sulfonamides is 1. The van der Waals surface area contributed by atoms with Crippen LogP contribution in [0.4, 0.5) is 0 Å². The van der Waals surface area contributed by atoms with E-state index in [1.165, 1.54) is 23.7 Å². The molecule has 1 aromatic rings. The van der Waals surface area contributed by atoms with Gasteiger partial charge in [-0.2, -0.15) is 4.31 Å². The molecule has 1 atom stereocenters. The zero-order valence-corrected chi connectivity index (χ0v) is 14.0. The largest absolute Gasteiger partial charge is 0.383 e. The summed E-state index contributed by atoms with van der Waals surface area (Å²) >= 11 is 11.6. The van der Waals surface area contributed by atoms with Gasteiger partial charge in [0.25, 0.3) is 0 Å². The van der Waals surface area contributed by atoms with Gasteiger partial charge >= 0.3 is 0 Å². The Morgan fingerprint density at radius 2 is 2.10 bits per heavy atom. The summed E-state index contributed by atoms with van der Waals surface area (Å²) in [6, 6.07) is 1.17. The lowest BCUT2D eigenvalue weighted by atomic mass is 10.3. The molecule has 0 spiro atoms. The zero-order valence-electron chi connectivity index (χ0n) is 11.6. The summed E-state index contributed by atoms with van der Waals surface area (Å²) in [6.45, 7) is 4.36. The Labute approximate surface area is 129 Å². The molecule has 1 aromatic heterocycles. The molecule has 114 valence electrons. The maximum atomic E-state index is 12.6. The highest BCUT2D eigenvalue weighted by atomic mass is 35.5. The Morgan fingerprint density at radius 3 is 2.60 bits per heavy atom. The number of halogens is 2. The highest BCUT2D eigenvalue weighted by Crippen LogP contribution is 2.25. The molecule has 0 aromatic carbocycles. The Bertz CT molecular complexity index is 552. The molecule has 5 nitrogen and oxygen atoms in total. The molecule has 20 heavy (non-hydrogen) atoms. The summed E-state index contributed by atoms with van der Waals surface area (Å²) in [4.78, 5) is 3.82. The molecule has 0 bridgehead atoms. The first-order valence-electron chi connectivity index (χ1n) is 6.16. The second-order valence-corrected chi connectivity index (χ2v) is 6.97. The molecule has 0 amide bonds. The number of nitrogens with zero attached hydrogens (tertiary/aromatic N) is 2. The minimum atomic E-state index is -3.68. The standard InChI is InChI=1S/C12H18Cl2N2O3S/c1-4-9(2)16(5-6-19-3)20(17,18)10-7-11(13)12(14)15-8-10/h7-9H,4-6H2,1-3H3. The first-order valence-corrected chi connectivity index (χ1v) is 8.36. The van der Waals surface area contributed by atoms with Crippen molar-refractivity contribution in [3.8, 4) is 0 Å². The molecule has 0 aliphatic heterocycles. The van der Waals surface area contributed by atoms with Crippen LogP contribution in [0.15, 0.2) is 17.2 Å². The molecule has 8 heteroatoms. The molecule has 0 saturated heterocycles. The van der Waals surface area contributed by atoms with Crippen LogP contribution in [0.5, 0.6) is 0 Å². The summed E-state index contributed by atoms with van der Waals surface area (Å²) in [5.41, 5.74) is 0. The fourth-order valence-electron chi connectivity index (χ4n) is 1.64. The van der Waals surface area contributed by atoms with E-state index < -0.39 is 10.0 Å². The lowest BCUT2D eigenvalue weighted by Gasteiger charge is -2.27. The van der Waals surface area contributed by atoms with Crippen molar-refractivity contribution in [3.05, 3.63) is 22.4 Å². The van der Waals surface area contributed by atoms with Gasteiger partial charge in [-0.25, -0.2) is 13.4 Å². The minimum Gasteiger partial charge on any atom is -0.383 e. The first-order chi connectivity index (χ1) is 9.34. The maximum Gasteiger partial charge on any atom is 0.244 e. The summed E-state index contributed by atoms with van der Waals surface area (Å²) < 4.78 is 31.6. The van der Waals surface area contributed by atoms with Gasteiger partial charge in [0.1, 0.15) is 10.0 Å². The molecule has 0 aliphatic rings. The molecule has 0 fully saturated rings. The highest BCUT2D eigenvalue weighted by molar-refractivity contribution is 7.89. The summed E-state index contributed by atoms with van der Waals surface area (Å²) in [5, 5.41) is 0.196. The van der Waals surface area contributed by atoms with Gasteiger partial charge in [0, 0.05) is 25.9 Å². The van der Waals surface area contributed by atoms with Gasteiger partial charge in [0.05, 0.1) is 11.6 Å². The van der Waals surface area contributed by atoms with Crippen LogP contribution in [0.2, 0.25) is 10.2 Å². The topological polar surface area (TPSA) is 59.5 Å². The number of hydrogen-bond donors (Lipinski definition) is 0. The van der Waals surface area contributed by atoms with E-state index in [1.54, 1.807) is 0 Å². The van der Waals surface area contributed by atoms with Crippen molar-refractivity contribution in [2.45, 2.75) is 31.2 Å². The van der Waals surface area contributed by atoms with Gasteiger partial charge in [-0.15, -0.1) is 0 Å². The number of ether oxygens (including phenoxy) is 1. The van der Waals surface area contributed by atoms with Crippen molar-refractivity contribution in [3.63, 3.8) is 0 Å². The van der Waals surface area contributed by atoms with Gasteiger partial charge in [-0.1, -0.05) is 30.1 Å². The number of pyridine rings is 1. The van der Waals surface area contributed by atoms with Gasteiger partial charge in [-0.3, -0.25) is 0 Å². The van der Waals surface area contributed by atoms with Gasteiger partial charge in [0.2, 0.25) is 10.0 Å². The monoisotopic (exact) mass is 340 g/mol. The Hall–Kier alpha value is -0.400. The third kappa shape index (κ3) is 4.05. The average molecular weight is 341 g/mol.